The van der Waals surface area contributed by atoms with E-state index >= 15 is 0 Å². The normalized spacial score (nSPS) is 14.1. The van der Waals surface area contributed by atoms with Crippen molar-refractivity contribution in [1.82, 2.24) is 0 Å². The summed E-state index contributed by atoms with van der Waals surface area (Å²) < 4.78 is 34.4. The van der Waals surface area contributed by atoms with Crippen LogP contribution in [0.25, 0.3) is 0 Å². The van der Waals surface area contributed by atoms with Crippen molar-refractivity contribution >= 4 is 13.8 Å². The molecule has 9 heteroatoms. The third-order valence-corrected chi connectivity index (χ3v) is 9.03. The van der Waals surface area contributed by atoms with Crippen LogP contribution in [0.5, 0.6) is 0 Å². The zero-order valence-electron chi connectivity index (χ0n) is 30.8. The summed E-state index contributed by atoms with van der Waals surface area (Å²) in [6, 6.07) is 0. The molecule has 0 heterocycles. The Kier molecular flexibility index (Phi) is 31.0. The number of carbonyl (C=O) groups is 1. The van der Waals surface area contributed by atoms with Crippen LogP contribution in [0.4, 0.5) is 0 Å². The van der Waals surface area contributed by atoms with Crippen molar-refractivity contribution in [3.05, 3.63) is 12.2 Å². The van der Waals surface area contributed by atoms with Gasteiger partial charge in [0.25, 0.3) is 7.82 Å². The SMILES string of the molecule is CCCCCC/C=C\CCCCCCCC(=O)OC(COCCCCCCCCCCCCC)COP(=O)([O-])OCC[N+](C)(C)C. The van der Waals surface area contributed by atoms with Crippen LogP contribution in [-0.2, 0) is 27.9 Å². The molecular formula is C37H74NO7P. The van der Waals surface area contributed by atoms with Gasteiger partial charge in [0.2, 0.25) is 0 Å². The average Bonchev–Trinajstić information content (AvgIpc) is 2.99. The summed E-state index contributed by atoms with van der Waals surface area (Å²) in [7, 11) is 1.36. The van der Waals surface area contributed by atoms with Crippen LogP contribution in [0, 0.1) is 0 Å². The Morgan fingerprint density at radius 2 is 1.13 bits per heavy atom. The fourth-order valence-electron chi connectivity index (χ4n) is 5.07. The summed E-state index contributed by atoms with van der Waals surface area (Å²) in [5.41, 5.74) is 0. The lowest BCUT2D eigenvalue weighted by Gasteiger charge is -2.28. The van der Waals surface area contributed by atoms with Gasteiger partial charge in [-0.3, -0.25) is 9.36 Å². The number of rotatable bonds is 35. The highest BCUT2D eigenvalue weighted by Gasteiger charge is 2.20. The van der Waals surface area contributed by atoms with Crippen molar-refractivity contribution in [2.45, 2.75) is 168 Å². The number of phosphoric ester groups is 1. The number of hydrogen-bond acceptors (Lipinski definition) is 7. The molecule has 2 unspecified atom stereocenters. The Labute approximate surface area is 284 Å². The number of allylic oxidation sites excluding steroid dienone is 2. The lowest BCUT2D eigenvalue weighted by Crippen LogP contribution is -2.37. The van der Waals surface area contributed by atoms with Crippen molar-refractivity contribution < 1.29 is 37.3 Å². The molecule has 0 aliphatic heterocycles. The van der Waals surface area contributed by atoms with Crippen molar-refractivity contribution in [1.29, 1.82) is 0 Å². The van der Waals surface area contributed by atoms with Crippen molar-refractivity contribution in [3.8, 4) is 0 Å². The topological polar surface area (TPSA) is 94.1 Å². The molecule has 0 bridgehead atoms. The smallest absolute Gasteiger partial charge is 0.306 e. The van der Waals surface area contributed by atoms with Crippen LogP contribution in [-0.4, -0.2) is 70.7 Å². The van der Waals surface area contributed by atoms with Gasteiger partial charge >= 0.3 is 5.97 Å². The van der Waals surface area contributed by atoms with Gasteiger partial charge in [0, 0.05) is 13.0 Å². The number of hydrogen-bond donors (Lipinski definition) is 0. The lowest BCUT2D eigenvalue weighted by molar-refractivity contribution is -0.870. The van der Waals surface area contributed by atoms with Crippen molar-refractivity contribution in [2.75, 3.05) is 54.1 Å². The summed E-state index contributed by atoms with van der Waals surface area (Å²) in [6.07, 6.45) is 30.7. The molecule has 0 spiro atoms. The average molecular weight is 676 g/mol. The number of unbranched alkanes of at least 4 members (excludes halogenated alkanes) is 19. The molecule has 274 valence electrons. The molecular weight excluding hydrogens is 601 g/mol. The molecule has 0 saturated carbocycles. The number of quaternary nitrogens is 1. The summed E-state index contributed by atoms with van der Waals surface area (Å²) in [5.74, 6) is -0.343. The van der Waals surface area contributed by atoms with E-state index in [1.165, 1.54) is 96.3 Å². The van der Waals surface area contributed by atoms with Gasteiger partial charge in [-0.15, -0.1) is 0 Å². The van der Waals surface area contributed by atoms with Crippen LogP contribution < -0.4 is 4.89 Å². The fraction of sp³-hybridized carbons (Fsp3) is 0.919. The summed E-state index contributed by atoms with van der Waals surface area (Å²) in [5, 5.41) is 0. The number of ether oxygens (including phenoxy) is 2. The quantitative estimate of drug-likeness (QED) is 0.0217. The second kappa shape index (κ2) is 31.5. The zero-order valence-corrected chi connectivity index (χ0v) is 31.7. The van der Waals surface area contributed by atoms with E-state index in [2.05, 4.69) is 26.0 Å². The van der Waals surface area contributed by atoms with Crippen molar-refractivity contribution in [2.24, 2.45) is 0 Å². The second-order valence-corrected chi connectivity index (χ2v) is 15.4. The Hall–Kier alpha value is -0.760. The first-order valence-corrected chi connectivity index (χ1v) is 20.4. The third kappa shape index (κ3) is 34.6. The van der Waals surface area contributed by atoms with E-state index in [9.17, 15) is 14.3 Å². The monoisotopic (exact) mass is 676 g/mol. The number of likely N-dealkylation sites (N-methyl/N-ethyl adjacent to an activating group) is 1. The Morgan fingerprint density at radius 3 is 1.67 bits per heavy atom. The van der Waals surface area contributed by atoms with Crippen LogP contribution in [0.1, 0.15) is 162 Å². The van der Waals surface area contributed by atoms with E-state index in [0.717, 1.165) is 44.9 Å². The molecule has 0 aromatic heterocycles. The number of carbonyl (C=O) groups excluding carboxylic acids is 1. The van der Waals surface area contributed by atoms with E-state index in [1.54, 1.807) is 0 Å². The molecule has 0 amide bonds. The Bertz CT molecular complexity index is 756. The van der Waals surface area contributed by atoms with E-state index < -0.39 is 13.9 Å². The van der Waals surface area contributed by atoms with Crippen LogP contribution in [0.15, 0.2) is 12.2 Å². The maximum Gasteiger partial charge on any atom is 0.306 e. The molecule has 0 radical (unpaired) electrons. The molecule has 0 saturated heterocycles. The number of phosphoric acid groups is 1. The first-order valence-electron chi connectivity index (χ1n) is 18.9. The van der Waals surface area contributed by atoms with Gasteiger partial charge in [-0.05, 0) is 38.5 Å². The molecule has 2 atom stereocenters. The highest BCUT2D eigenvalue weighted by Crippen LogP contribution is 2.38. The van der Waals surface area contributed by atoms with Crippen LogP contribution >= 0.6 is 7.82 Å². The molecule has 0 fully saturated rings. The summed E-state index contributed by atoms with van der Waals surface area (Å²) >= 11 is 0. The lowest BCUT2D eigenvalue weighted by atomic mass is 10.1. The van der Waals surface area contributed by atoms with Gasteiger partial charge in [0.15, 0.2) is 0 Å². The van der Waals surface area contributed by atoms with Gasteiger partial charge in [0.05, 0.1) is 34.4 Å². The molecule has 0 aromatic carbocycles. The minimum atomic E-state index is -4.51. The van der Waals surface area contributed by atoms with Gasteiger partial charge in [-0.1, -0.05) is 129 Å². The van der Waals surface area contributed by atoms with E-state index in [4.69, 9.17) is 18.5 Å². The highest BCUT2D eigenvalue weighted by atomic mass is 31.2. The summed E-state index contributed by atoms with van der Waals surface area (Å²) in [4.78, 5) is 24.9. The molecule has 0 aliphatic rings. The predicted molar refractivity (Wildman–Crippen MR) is 190 cm³/mol. The molecule has 0 rings (SSSR count). The zero-order chi connectivity index (χ0) is 34.2. The van der Waals surface area contributed by atoms with Gasteiger partial charge in [0.1, 0.15) is 19.3 Å². The Balaban J connectivity index is 4.31. The largest absolute Gasteiger partial charge is 0.756 e. The number of esters is 1. The van der Waals surface area contributed by atoms with Gasteiger partial charge < -0.3 is 27.9 Å². The van der Waals surface area contributed by atoms with Crippen molar-refractivity contribution in [3.63, 3.8) is 0 Å². The molecule has 8 nitrogen and oxygen atoms in total. The van der Waals surface area contributed by atoms with E-state index in [1.807, 2.05) is 21.1 Å². The number of nitrogens with zero attached hydrogens (tertiary/aromatic N) is 1. The van der Waals surface area contributed by atoms with E-state index in [0.29, 0.717) is 24.1 Å². The fourth-order valence-corrected chi connectivity index (χ4v) is 5.80. The molecule has 0 aromatic rings. The molecule has 0 aliphatic carbocycles. The van der Waals surface area contributed by atoms with Crippen LogP contribution in [0.3, 0.4) is 0 Å². The first-order chi connectivity index (χ1) is 22.1. The minimum Gasteiger partial charge on any atom is -0.756 e. The van der Waals surface area contributed by atoms with E-state index in [-0.39, 0.29) is 25.8 Å². The highest BCUT2D eigenvalue weighted by molar-refractivity contribution is 7.45. The van der Waals surface area contributed by atoms with Crippen LogP contribution in [0.2, 0.25) is 0 Å². The Morgan fingerprint density at radius 1 is 0.652 bits per heavy atom. The standard InChI is InChI=1S/C37H74NO7P/c1-6-8-10-12-14-16-18-19-20-22-24-26-28-30-37(39)45-36(35-44-46(40,41)43-33-31-38(3,4)5)34-42-32-29-27-25-23-21-17-15-13-11-9-7-2/h16,18,36H,6-15,17,19-35H2,1-5H3/b18-16-. The third-order valence-electron chi connectivity index (χ3n) is 8.07. The maximum absolute atomic E-state index is 12.6. The second-order valence-electron chi connectivity index (χ2n) is 13.9. The minimum absolute atomic E-state index is 0.0272. The maximum atomic E-state index is 12.6. The van der Waals surface area contributed by atoms with Gasteiger partial charge in [-0.25, -0.2) is 0 Å². The first kappa shape index (κ1) is 45.2. The predicted octanol–water partition coefficient (Wildman–Crippen LogP) is 9.69. The van der Waals surface area contributed by atoms with Gasteiger partial charge in [-0.2, -0.15) is 0 Å². The molecule has 46 heavy (non-hydrogen) atoms. The molecule has 0 N–H and O–H groups in total. The summed E-state index contributed by atoms with van der Waals surface area (Å²) in [6.45, 7) is 5.39.